The normalized spacial score (nSPS) is 30.1. The monoisotopic (exact) mass is 366 g/mol. The lowest BCUT2D eigenvalue weighted by Gasteiger charge is -2.15. The summed E-state index contributed by atoms with van der Waals surface area (Å²) in [7, 11) is 0. The Hall–Kier alpha value is -1.56. The molecule has 2 saturated carbocycles. The van der Waals surface area contributed by atoms with Crippen molar-refractivity contribution in [2.24, 2.45) is 22.4 Å². The lowest BCUT2D eigenvalue weighted by atomic mass is 9.90. The molecule has 0 spiro atoms. The van der Waals surface area contributed by atoms with Crippen molar-refractivity contribution in [2.45, 2.75) is 32.6 Å². The van der Waals surface area contributed by atoms with Crippen LogP contribution in [0.1, 0.15) is 38.2 Å². The number of carbonyl (C=O) groups excluding carboxylic acids is 1. The van der Waals surface area contributed by atoms with E-state index in [2.05, 4.69) is 33.4 Å². The van der Waals surface area contributed by atoms with Crippen molar-refractivity contribution < 1.29 is 15.0 Å². The average Bonchev–Trinajstić information content (AvgIpc) is 3.10. The van der Waals surface area contributed by atoms with E-state index in [1.165, 1.54) is 25.1 Å². The van der Waals surface area contributed by atoms with E-state index in [4.69, 9.17) is 0 Å². The van der Waals surface area contributed by atoms with Gasteiger partial charge in [0.05, 0.1) is 10.7 Å². The molecule has 0 heterocycles. The third-order valence-electron chi connectivity index (χ3n) is 5.09. The summed E-state index contributed by atoms with van der Waals surface area (Å²) in [5.41, 5.74) is 3.15. The second-order valence-corrected chi connectivity index (χ2v) is 7.29. The highest BCUT2D eigenvalue weighted by molar-refractivity contribution is 9.10. The highest BCUT2D eigenvalue weighted by Gasteiger charge is 2.64. The van der Waals surface area contributed by atoms with Crippen LogP contribution in [0.3, 0.4) is 0 Å². The SMILES string of the molecule is C[C@]12CCCC[C@H]1[C@H]2C(=O)N/N=C/c1cc(Br)c(O)cc1O. The van der Waals surface area contributed by atoms with Crippen LogP contribution in [0.25, 0.3) is 0 Å². The van der Waals surface area contributed by atoms with E-state index in [9.17, 15) is 15.0 Å². The van der Waals surface area contributed by atoms with Gasteiger partial charge < -0.3 is 10.2 Å². The van der Waals surface area contributed by atoms with Gasteiger partial charge in [0.25, 0.3) is 0 Å². The minimum Gasteiger partial charge on any atom is -0.507 e. The van der Waals surface area contributed by atoms with Crippen molar-refractivity contribution in [1.29, 1.82) is 0 Å². The number of nitrogens with one attached hydrogen (secondary N) is 1. The predicted molar refractivity (Wildman–Crippen MR) is 86.8 cm³/mol. The zero-order valence-electron chi connectivity index (χ0n) is 12.3. The molecule has 0 bridgehead atoms. The predicted octanol–water partition coefficient (Wildman–Crippen LogP) is 3.14. The molecule has 3 rings (SSSR count). The number of hydrogen-bond donors (Lipinski definition) is 3. The summed E-state index contributed by atoms with van der Waals surface area (Å²) in [5.74, 6) is 0.377. The minimum absolute atomic E-state index is 0.0389. The Morgan fingerprint density at radius 3 is 2.86 bits per heavy atom. The third kappa shape index (κ3) is 2.60. The standard InChI is InChI=1S/C16H19BrN2O3/c1-16-5-3-2-4-10(16)14(16)15(22)19-18-8-9-6-11(17)13(21)7-12(9)20/h6-8,10,14,20-21H,2-5H2,1H3,(H,19,22)/b18-8+/t10-,14-,16-/m0/s1. The van der Waals surface area contributed by atoms with Gasteiger partial charge >= 0.3 is 0 Å². The van der Waals surface area contributed by atoms with E-state index in [0.29, 0.717) is 16.0 Å². The average molecular weight is 367 g/mol. The largest absolute Gasteiger partial charge is 0.507 e. The number of carbonyl (C=O) groups is 1. The Morgan fingerprint density at radius 1 is 1.41 bits per heavy atom. The molecular formula is C16H19BrN2O3. The van der Waals surface area contributed by atoms with E-state index in [-0.39, 0.29) is 28.7 Å². The van der Waals surface area contributed by atoms with Crippen LogP contribution in [0.15, 0.2) is 21.7 Å². The van der Waals surface area contributed by atoms with Gasteiger partial charge in [-0.3, -0.25) is 4.79 Å². The van der Waals surface area contributed by atoms with Crippen molar-refractivity contribution in [2.75, 3.05) is 0 Å². The first-order valence-electron chi connectivity index (χ1n) is 7.48. The molecule has 2 aliphatic rings. The summed E-state index contributed by atoms with van der Waals surface area (Å²) in [6.07, 6.45) is 6.04. The van der Waals surface area contributed by atoms with Gasteiger partial charge in [-0.25, -0.2) is 5.43 Å². The first kappa shape index (κ1) is 15.3. The fraction of sp³-hybridized carbons (Fsp3) is 0.500. The Labute approximate surface area is 137 Å². The Morgan fingerprint density at radius 2 is 2.18 bits per heavy atom. The molecule has 1 aromatic rings. The molecule has 22 heavy (non-hydrogen) atoms. The molecule has 1 aromatic carbocycles. The van der Waals surface area contributed by atoms with Gasteiger partial charge in [-0.2, -0.15) is 5.10 Å². The van der Waals surface area contributed by atoms with E-state index in [0.717, 1.165) is 12.8 Å². The van der Waals surface area contributed by atoms with Gasteiger partial charge in [0.1, 0.15) is 11.5 Å². The summed E-state index contributed by atoms with van der Waals surface area (Å²) in [6.45, 7) is 2.19. The molecular weight excluding hydrogens is 348 g/mol. The fourth-order valence-corrected chi connectivity index (χ4v) is 4.12. The van der Waals surface area contributed by atoms with Crippen LogP contribution < -0.4 is 5.43 Å². The van der Waals surface area contributed by atoms with Gasteiger partial charge in [-0.05, 0) is 46.2 Å². The van der Waals surface area contributed by atoms with Gasteiger partial charge in [0, 0.05) is 17.5 Å². The van der Waals surface area contributed by atoms with E-state index < -0.39 is 0 Å². The smallest absolute Gasteiger partial charge is 0.244 e. The summed E-state index contributed by atoms with van der Waals surface area (Å²) >= 11 is 3.17. The summed E-state index contributed by atoms with van der Waals surface area (Å²) in [4.78, 5) is 12.2. The first-order valence-corrected chi connectivity index (χ1v) is 8.27. The van der Waals surface area contributed by atoms with Crippen LogP contribution in [-0.2, 0) is 4.79 Å². The number of phenols is 2. The topological polar surface area (TPSA) is 81.9 Å². The molecule has 0 aromatic heterocycles. The number of halogens is 1. The molecule has 2 fully saturated rings. The van der Waals surface area contributed by atoms with Crippen LogP contribution in [0.4, 0.5) is 0 Å². The van der Waals surface area contributed by atoms with Gasteiger partial charge in [-0.15, -0.1) is 0 Å². The van der Waals surface area contributed by atoms with E-state index in [1.807, 2.05) is 0 Å². The molecule has 118 valence electrons. The highest BCUT2D eigenvalue weighted by atomic mass is 79.9. The Bertz CT molecular complexity index is 647. The maximum absolute atomic E-state index is 12.2. The van der Waals surface area contributed by atoms with Gasteiger partial charge in [0.2, 0.25) is 5.91 Å². The third-order valence-corrected chi connectivity index (χ3v) is 5.72. The number of amides is 1. The first-order chi connectivity index (χ1) is 10.4. The molecule has 3 N–H and O–H groups in total. The number of aromatic hydroxyl groups is 2. The van der Waals surface area contributed by atoms with Crippen LogP contribution in [-0.4, -0.2) is 22.3 Å². The molecule has 2 aliphatic carbocycles. The molecule has 5 nitrogen and oxygen atoms in total. The van der Waals surface area contributed by atoms with Crippen molar-refractivity contribution in [3.05, 3.63) is 22.2 Å². The maximum Gasteiger partial charge on any atom is 0.244 e. The number of hydrazone groups is 1. The van der Waals surface area contributed by atoms with E-state index in [1.54, 1.807) is 6.07 Å². The summed E-state index contributed by atoms with van der Waals surface area (Å²) in [6, 6.07) is 2.77. The van der Waals surface area contributed by atoms with Crippen LogP contribution in [0, 0.1) is 17.3 Å². The molecule has 3 atom stereocenters. The van der Waals surface area contributed by atoms with Crippen molar-refractivity contribution >= 4 is 28.1 Å². The number of hydrogen-bond acceptors (Lipinski definition) is 4. The lowest BCUT2D eigenvalue weighted by Crippen LogP contribution is -2.22. The highest BCUT2D eigenvalue weighted by Crippen LogP contribution is 2.66. The molecule has 0 aliphatic heterocycles. The van der Waals surface area contributed by atoms with Crippen LogP contribution >= 0.6 is 15.9 Å². The quantitative estimate of drug-likeness (QED) is 0.567. The van der Waals surface area contributed by atoms with Gasteiger partial charge in [-0.1, -0.05) is 19.8 Å². The zero-order chi connectivity index (χ0) is 15.9. The fourth-order valence-electron chi connectivity index (χ4n) is 3.76. The molecule has 6 heteroatoms. The number of rotatable bonds is 3. The van der Waals surface area contributed by atoms with Crippen LogP contribution in [0.5, 0.6) is 11.5 Å². The van der Waals surface area contributed by atoms with E-state index >= 15 is 0 Å². The van der Waals surface area contributed by atoms with Crippen molar-refractivity contribution in [1.82, 2.24) is 5.43 Å². The summed E-state index contributed by atoms with van der Waals surface area (Å²) in [5, 5.41) is 23.1. The molecule has 0 unspecified atom stereocenters. The van der Waals surface area contributed by atoms with Gasteiger partial charge in [0.15, 0.2) is 0 Å². The lowest BCUT2D eigenvalue weighted by molar-refractivity contribution is -0.123. The molecule has 1 amide bonds. The molecule has 0 radical (unpaired) electrons. The maximum atomic E-state index is 12.2. The number of phenolic OH excluding ortho intramolecular Hbond substituents is 2. The van der Waals surface area contributed by atoms with Crippen LogP contribution in [0.2, 0.25) is 0 Å². The Kier molecular flexibility index (Phi) is 3.89. The van der Waals surface area contributed by atoms with Crippen molar-refractivity contribution in [3.63, 3.8) is 0 Å². The molecule has 0 saturated heterocycles. The minimum atomic E-state index is -0.0919. The number of nitrogens with zero attached hydrogens (tertiary/aromatic N) is 1. The second-order valence-electron chi connectivity index (χ2n) is 6.43. The summed E-state index contributed by atoms with van der Waals surface area (Å²) < 4.78 is 0.457. The number of fused-ring (bicyclic) bond motifs is 1. The second kappa shape index (κ2) is 5.57. The van der Waals surface area contributed by atoms with Crippen molar-refractivity contribution in [3.8, 4) is 11.5 Å². The zero-order valence-corrected chi connectivity index (χ0v) is 13.9. The Balaban J connectivity index is 1.63. The number of benzene rings is 1.